The van der Waals surface area contributed by atoms with Crippen LogP contribution >= 0.6 is 0 Å². The van der Waals surface area contributed by atoms with Gasteiger partial charge in [0, 0.05) is 19.3 Å². The molecular formula is C21H23N3O4. The Kier molecular flexibility index (Phi) is 4.53. The maximum Gasteiger partial charge on any atom is 0.311 e. The van der Waals surface area contributed by atoms with E-state index >= 15 is 0 Å². The zero-order chi connectivity index (χ0) is 19.9. The highest BCUT2D eigenvalue weighted by atomic mass is 16.4. The first kappa shape index (κ1) is 18.4. The van der Waals surface area contributed by atoms with Crippen LogP contribution in [-0.2, 0) is 4.79 Å². The minimum absolute atomic E-state index is 0.0376. The summed E-state index contributed by atoms with van der Waals surface area (Å²) in [6.45, 7) is 2.13. The molecule has 1 amide bonds. The monoisotopic (exact) mass is 381 g/mol. The molecule has 0 radical (unpaired) electrons. The summed E-state index contributed by atoms with van der Waals surface area (Å²) in [7, 11) is 0. The highest BCUT2D eigenvalue weighted by molar-refractivity contribution is 5.94. The Morgan fingerprint density at radius 2 is 2.04 bits per heavy atom. The Bertz CT molecular complexity index is 971. The summed E-state index contributed by atoms with van der Waals surface area (Å²) in [5.41, 5.74) is -0.250. The van der Waals surface area contributed by atoms with Crippen molar-refractivity contribution in [2.75, 3.05) is 13.1 Å². The van der Waals surface area contributed by atoms with Gasteiger partial charge < -0.3 is 15.0 Å². The molecule has 7 heteroatoms. The highest BCUT2D eigenvalue weighted by Gasteiger charge is 2.56. The number of aromatic nitrogens is 2. The molecule has 4 rings (SSSR count). The normalized spacial score (nSPS) is 26.7. The highest BCUT2D eigenvalue weighted by Crippen LogP contribution is 2.51. The van der Waals surface area contributed by atoms with E-state index in [9.17, 15) is 19.5 Å². The molecule has 2 fully saturated rings. The average molecular weight is 381 g/mol. The Morgan fingerprint density at radius 3 is 2.71 bits per heavy atom. The first-order chi connectivity index (χ1) is 13.4. The molecule has 1 aromatic carbocycles. The summed E-state index contributed by atoms with van der Waals surface area (Å²) >= 11 is 0. The quantitative estimate of drug-likeness (QED) is 0.848. The zero-order valence-corrected chi connectivity index (χ0v) is 15.7. The topological polar surface area (TPSA) is 103 Å². The van der Waals surface area contributed by atoms with Gasteiger partial charge in [0.2, 0.25) is 0 Å². The molecule has 146 valence electrons. The number of hydrogen-bond donors (Lipinski definition) is 2. The number of rotatable bonds is 3. The molecule has 7 nitrogen and oxygen atoms in total. The number of carbonyl (C=O) groups is 2. The number of carbonyl (C=O) groups excluding carboxylic acids is 1. The molecular weight excluding hydrogens is 358 g/mol. The van der Waals surface area contributed by atoms with Gasteiger partial charge in [-0.3, -0.25) is 14.4 Å². The van der Waals surface area contributed by atoms with Crippen LogP contribution in [-0.4, -0.2) is 44.9 Å². The molecule has 2 N–H and O–H groups in total. The largest absolute Gasteiger partial charge is 0.481 e. The van der Waals surface area contributed by atoms with Crippen molar-refractivity contribution >= 4 is 11.9 Å². The van der Waals surface area contributed by atoms with Crippen molar-refractivity contribution in [3.63, 3.8) is 0 Å². The molecule has 1 saturated carbocycles. The van der Waals surface area contributed by atoms with Crippen molar-refractivity contribution in [1.82, 2.24) is 14.9 Å². The summed E-state index contributed by atoms with van der Waals surface area (Å²) in [4.78, 5) is 45.3. The molecule has 2 aromatic rings. The van der Waals surface area contributed by atoms with Crippen LogP contribution in [0.1, 0.15) is 46.9 Å². The van der Waals surface area contributed by atoms with Gasteiger partial charge in [-0.05, 0) is 43.6 Å². The maximum absolute atomic E-state index is 12.9. The third kappa shape index (κ3) is 3.00. The molecule has 0 spiro atoms. The number of aliphatic carboxylic acids is 1. The number of nitrogens with zero attached hydrogens (tertiary/aromatic N) is 2. The summed E-state index contributed by atoms with van der Waals surface area (Å²) in [5.74, 6) is -0.705. The van der Waals surface area contributed by atoms with Gasteiger partial charge >= 0.3 is 5.97 Å². The Labute approximate surface area is 162 Å². The van der Waals surface area contributed by atoms with Gasteiger partial charge in [0.05, 0.1) is 5.41 Å². The number of hydrogen-bond acceptors (Lipinski definition) is 4. The molecule has 0 unspecified atom stereocenters. The molecule has 2 heterocycles. The first-order valence-corrected chi connectivity index (χ1v) is 9.54. The van der Waals surface area contributed by atoms with Gasteiger partial charge in [0.15, 0.2) is 0 Å². The lowest BCUT2D eigenvalue weighted by molar-refractivity contribution is -0.152. The third-order valence-electron chi connectivity index (χ3n) is 6.34. The van der Waals surface area contributed by atoms with Crippen molar-refractivity contribution in [1.29, 1.82) is 0 Å². The van der Waals surface area contributed by atoms with Crippen LogP contribution in [0.25, 0.3) is 0 Å². The number of likely N-dealkylation sites (tertiary alicyclic amines) is 1. The SMILES string of the molecule is Cc1ncc(C(=O)N2C[C@@H]3C[C@@H](c4ccccc4)CC[C@]3(C(=O)O)C2)c(=O)[nH]1. The molecule has 1 aromatic heterocycles. The fourth-order valence-corrected chi connectivity index (χ4v) is 4.79. The van der Waals surface area contributed by atoms with Crippen molar-refractivity contribution in [3.05, 3.63) is 63.8 Å². The molecule has 3 atom stereocenters. The number of carboxylic acids is 1. The summed E-state index contributed by atoms with van der Waals surface area (Å²) in [5, 5.41) is 10.00. The Balaban J connectivity index is 1.60. The number of aromatic amines is 1. The number of carboxylic acid groups (broad SMARTS) is 1. The van der Waals surface area contributed by atoms with Gasteiger partial charge in [-0.1, -0.05) is 30.3 Å². The van der Waals surface area contributed by atoms with Crippen LogP contribution in [0, 0.1) is 18.3 Å². The predicted molar refractivity (Wildman–Crippen MR) is 102 cm³/mol. The van der Waals surface area contributed by atoms with Gasteiger partial charge in [0.1, 0.15) is 11.4 Å². The lowest BCUT2D eigenvalue weighted by Crippen LogP contribution is -2.43. The number of amides is 1. The number of H-pyrrole nitrogens is 1. The number of fused-ring (bicyclic) bond motifs is 1. The van der Waals surface area contributed by atoms with Crippen molar-refractivity contribution < 1.29 is 14.7 Å². The van der Waals surface area contributed by atoms with Gasteiger partial charge in [-0.25, -0.2) is 4.98 Å². The molecule has 1 aliphatic heterocycles. The molecule has 0 bridgehead atoms. The second-order valence-corrected chi connectivity index (χ2v) is 7.94. The smallest absolute Gasteiger partial charge is 0.311 e. The van der Waals surface area contributed by atoms with Crippen LogP contribution < -0.4 is 5.56 Å². The van der Waals surface area contributed by atoms with E-state index in [1.165, 1.54) is 16.7 Å². The lowest BCUT2D eigenvalue weighted by Gasteiger charge is -2.38. The Hall–Kier alpha value is -2.96. The van der Waals surface area contributed by atoms with E-state index in [4.69, 9.17) is 0 Å². The minimum Gasteiger partial charge on any atom is -0.481 e. The molecule has 1 aliphatic carbocycles. The average Bonchev–Trinajstić information content (AvgIpc) is 3.08. The standard InChI is InChI=1S/C21H23N3O4/c1-13-22-10-17(18(25)23-13)19(26)24-11-16-9-15(14-5-3-2-4-6-14)7-8-21(16,12-24)20(27)28/h2-6,10,15-16H,7-9,11-12H2,1H3,(H,27,28)(H,22,23,25)/t15-,16-,21-/m0/s1. The summed E-state index contributed by atoms with van der Waals surface area (Å²) in [6.07, 6.45) is 3.31. The fourth-order valence-electron chi connectivity index (χ4n) is 4.79. The van der Waals surface area contributed by atoms with Crippen LogP contribution in [0.15, 0.2) is 41.3 Å². The van der Waals surface area contributed by atoms with Crippen LogP contribution in [0.3, 0.4) is 0 Å². The maximum atomic E-state index is 12.9. The predicted octanol–water partition coefficient (Wildman–Crippen LogP) is 2.19. The van der Waals surface area contributed by atoms with E-state index < -0.39 is 22.9 Å². The second-order valence-electron chi connectivity index (χ2n) is 7.94. The lowest BCUT2D eigenvalue weighted by atomic mass is 9.64. The van der Waals surface area contributed by atoms with E-state index in [1.807, 2.05) is 18.2 Å². The summed E-state index contributed by atoms with van der Waals surface area (Å²) in [6, 6.07) is 10.1. The van der Waals surface area contributed by atoms with E-state index in [2.05, 4.69) is 22.1 Å². The molecule has 1 saturated heterocycles. The Morgan fingerprint density at radius 1 is 1.29 bits per heavy atom. The number of benzene rings is 1. The second kappa shape index (κ2) is 6.89. The van der Waals surface area contributed by atoms with Crippen LogP contribution in [0.5, 0.6) is 0 Å². The molecule has 2 aliphatic rings. The van der Waals surface area contributed by atoms with Gasteiger partial charge in [-0.15, -0.1) is 0 Å². The third-order valence-corrected chi connectivity index (χ3v) is 6.34. The minimum atomic E-state index is -0.939. The van der Waals surface area contributed by atoms with Crippen molar-refractivity contribution in [2.45, 2.75) is 32.1 Å². The number of aryl methyl sites for hydroxylation is 1. The van der Waals surface area contributed by atoms with Gasteiger partial charge in [0.25, 0.3) is 11.5 Å². The zero-order valence-electron chi connectivity index (χ0n) is 15.7. The van der Waals surface area contributed by atoms with E-state index in [1.54, 1.807) is 6.92 Å². The van der Waals surface area contributed by atoms with Crippen LogP contribution in [0.4, 0.5) is 0 Å². The molecule has 28 heavy (non-hydrogen) atoms. The van der Waals surface area contributed by atoms with E-state index in [0.29, 0.717) is 18.8 Å². The van der Waals surface area contributed by atoms with Gasteiger partial charge in [-0.2, -0.15) is 0 Å². The fraction of sp³-hybridized carbons (Fsp3) is 0.429. The van der Waals surface area contributed by atoms with E-state index in [-0.39, 0.29) is 23.9 Å². The van der Waals surface area contributed by atoms with Crippen molar-refractivity contribution in [3.8, 4) is 0 Å². The van der Waals surface area contributed by atoms with Crippen LogP contribution in [0.2, 0.25) is 0 Å². The van der Waals surface area contributed by atoms with E-state index in [0.717, 1.165) is 12.8 Å². The number of nitrogens with one attached hydrogen (secondary N) is 1. The first-order valence-electron chi connectivity index (χ1n) is 9.54. The van der Waals surface area contributed by atoms with Crippen molar-refractivity contribution in [2.24, 2.45) is 11.3 Å². The summed E-state index contributed by atoms with van der Waals surface area (Å²) < 4.78 is 0.